The van der Waals surface area contributed by atoms with Gasteiger partial charge in [0.15, 0.2) is 11.6 Å². The zero-order valence-electron chi connectivity index (χ0n) is 17.3. The van der Waals surface area contributed by atoms with Gasteiger partial charge in [0.1, 0.15) is 0 Å². The summed E-state index contributed by atoms with van der Waals surface area (Å²) in [6, 6.07) is 10.4. The molecular formula is C22H28N4O4. The monoisotopic (exact) mass is 412 g/mol. The molecule has 30 heavy (non-hydrogen) atoms. The van der Waals surface area contributed by atoms with E-state index in [9.17, 15) is 20.0 Å². The average Bonchev–Trinajstić information content (AvgIpc) is 2.77. The first-order valence-corrected chi connectivity index (χ1v) is 10.2. The lowest BCUT2D eigenvalue weighted by molar-refractivity contribution is -0.0825. The number of rotatable bonds is 10. The Hall–Kier alpha value is -2.78. The first-order valence-electron chi connectivity index (χ1n) is 10.2. The minimum Gasteiger partial charge on any atom is -0.383 e. The topological polar surface area (TPSA) is 105 Å². The van der Waals surface area contributed by atoms with Crippen molar-refractivity contribution in [1.82, 2.24) is 10.1 Å². The summed E-state index contributed by atoms with van der Waals surface area (Å²) in [4.78, 5) is 26.6. The summed E-state index contributed by atoms with van der Waals surface area (Å²) in [7, 11) is 0. The van der Waals surface area contributed by atoms with Crippen molar-refractivity contribution in [3.05, 3.63) is 58.7 Å². The lowest BCUT2D eigenvalue weighted by atomic mass is 9.82. The average molecular weight is 412 g/mol. The maximum atomic E-state index is 13.3. The summed E-state index contributed by atoms with van der Waals surface area (Å²) in [5.41, 5.74) is 2.57. The molecule has 2 aromatic carbocycles. The second-order valence-electron chi connectivity index (χ2n) is 7.06. The number of hydroxylamine groups is 4. The van der Waals surface area contributed by atoms with Crippen molar-refractivity contribution in [2.45, 2.75) is 13.8 Å². The van der Waals surface area contributed by atoms with Crippen LogP contribution in [0.3, 0.4) is 0 Å². The van der Waals surface area contributed by atoms with E-state index in [4.69, 9.17) is 0 Å². The number of anilines is 2. The van der Waals surface area contributed by atoms with Gasteiger partial charge in [-0.05, 0) is 12.1 Å². The summed E-state index contributed by atoms with van der Waals surface area (Å²) >= 11 is 0. The predicted octanol–water partition coefficient (Wildman–Crippen LogP) is 2.71. The van der Waals surface area contributed by atoms with Crippen LogP contribution < -0.4 is 10.6 Å². The van der Waals surface area contributed by atoms with Gasteiger partial charge in [-0.25, -0.2) is 0 Å². The number of fused-ring (bicyclic) bond motifs is 2. The smallest absolute Gasteiger partial charge is 0.196 e. The number of likely N-dealkylation sites (N-methyl/N-ethyl adjacent to an activating group) is 2. The molecule has 1 aliphatic rings. The van der Waals surface area contributed by atoms with E-state index in [2.05, 4.69) is 10.6 Å². The first kappa shape index (κ1) is 21.9. The third kappa shape index (κ3) is 4.52. The molecule has 0 unspecified atom stereocenters. The molecule has 3 rings (SSSR count). The standard InChI is InChI=1S/C22H28N4O4/c1-3-25(29)13-11-23-17-9-10-18(24-12-14-26(30)4-2)20-19(17)21(27)15-7-5-6-8-16(15)22(20)28/h5-10,23-24,29-30H,3-4,11-14H2,1-2H3. The van der Waals surface area contributed by atoms with Crippen molar-refractivity contribution >= 4 is 22.9 Å². The molecule has 0 aromatic heterocycles. The van der Waals surface area contributed by atoms with Gasteiger partial charge in [0, 0.05) is 61.8 Å². The minimum atomic E-state index is -0.208. The van der Waals surface area contributed by atoms with Crippen LogP contribution in [0.25, 0.3) is 0 Å². The van der Waals surface area contributed by atoms with Crippen molar-refractivity contribution < 1.29 is 20.0 Å². The van der Waals surface area contributed by atoms with E-state index >= 15 is 0 Å². The molecule has 0 saturated carbocycles. The minimum absolute atomic E-state index is 0.208. The lowest BCUT2D eigenvalue weighted by Gasteiger charge is -2.24. The molecule has 0 spiro atoms. The first-order chi connectivity index (χ1) is 14.5. The Morgan fingerprint density at radius 3 is 1.50 bits per heavy atom. The molecule has 1 aliphatic carbocycles. The van der Waals surface area contributed by atoms with Gasteiger partial charge in [0.05, 0.1) is 11.1 Å². The molecule has 8 heteroatoms. The van der Waals surface area contributed by atoms with Crippen molar-refractivity contribution in [2.24, 2.45) is 0 Å². The van der Waals surface area contributed by atoms with Gasteiger partial charge in [-0.1, -0.05) is 38.1 Å². The molecule has 0 radical (unpaired) electrons. The molecule has 0 fully saturated rings. The molecule has 0 amide bonds. The number of nitrogens with one attached hydrogen (secondary N) is 2. The van der Waals surface area contributed by atoms with Crippen LogP contribution in [0.2, 0.25) is 0 Å². The number of carbonyl (C=O) groups excluding carboxylic acids is 2. The van der Waals surface area contributed by atoms with E-state index in [0.29, 0.717) is 72.9 Å². The third-order valence-corrected chi connectivity index (χ3v) is 5.18. The molecule has 0 heterocycles. The SMILES string of the molecule is CCN(O)CCNc1ccc(NCCN(O)CC)c2c1C(=O)c1ccccc1C2=O. The number of carbonyl (C=O) groups is 2. The van der Waals surface area contributed by atoms with Crippen LogP contribution in [-0.4, -0.2) is 71.4 Å². The van der Waals surface area contributed by atoms with Crippen LogP contribution in [0, 0.1) is 0 Å². The van der Waals surface area contributed by atoms with Crippen molar-refractivity contribution in [3.63, 3.8) is 0 Å². The second-order valence-corrected chi connectivity index (χ2v) is 7.06. The van der Waals surface area contributed by atoms with E-state index < -0.39 is 0 Å². The summed E-state index contributed by atoms with van der Waals surface area (Å²) in [6.45, 7) is 6.27. The zero-order chi connectivity index (χ0) is 21.7. The number of hydrogen-bond donors (Lipinski definition) is 4. The Labute approximate surface area is 176 Å². The molecule has 0 aliphatic heterocycles. The van der Waals surface area contributed by atoms with Crippen LogP contribution in [0.4, 0.5) is 11.4 Å². The molecule has 8 nitrogen and oxygen atoms in total. The molecule has 2 aromatic rings. The van der Waals surface area contributed by atoms with Gasteiger partial charge in [-0.3, -0.25) is 9.59 Å². The summed E-state index contributed by atoms with van der Waals surface area (Å²) < 4.78 is 0. The zero-order valence-corrected chi connectivity index (χ0v) is 17.3. The molecule has 160 valence electrons. The largest absolute Gasteiger partial charge is 0.383 e. The highest BCUT2D eigenvalue weighted by Gasteiger charge is 2.33. The maximum absolute atomic E-state index is 13.3. The molecule has 0 saturated heterocycles. The van der Waals surface area contributed by atoms with E-state index in [1.807, 2.05) is 13.8 Å². The Bertz CT molecular complexity index is 857. The maximum Gasteiger partial charge on any atom is 0.196 e. The molecular weight excluding hydrogens is 384 g/mol. The van der Waals surface area contributed by atoms with Crippen LogP contribution in [-0.2, 0) is 0 Å². The highest BCUT2D eigenvalue weighted by atomic mass is 16.5. The van der Waals surface area contributed by atoms with Crippen molar-refractivity contribution in [1.29, 1.82) is 0 Å². The van der Waals surface area contributed by atoms with Crippen molar-refractivity contribution in [2.75, 3.05) is 49.9 Å². The fourth-order valence-electron chi connectivity index (χ4n) is 3.47. The Morgan fingerprint density at radius 1 is 0.733 bits per heavy atom. The highest BCUT2D eigenvalue weighted by molar-refractivity contribution is 6.31. The van der Waals surface area contributed by atoms with Gasteiger partial charge < -0.3 is 21.0 Å². The Morgan fingerprint density at radius 2 is 1.13 bits per heavy atom. The van der Waals surface area contributed by atoms with Gasteiger partial charge in [-0.2, -0.15) is 10.1 Å². The Kier molecular flexibility index (Phi) is 7.17. The van der Waals surface area contributed by atoms with Gasteiger partial charge in [0.2, 0.25) is 0 Å². The van der Waals surface area contributed by atoms with Crippen LogP contribution in [0.15, 0.2) is 36.4 Å². The van der Waals surface area contributed by atoms with E-state index in [1.54, 1.807) is 36.4 Å². The normalized spacial score (nSPS) is 12.9. The van der Waals surface area contributed by atoms with Crippen molar-refractivity contribution in [3.8, 4) is 0 Å². The van der Waals surface area contributed by atoms with Crippen LogP contribution >= 0.6 is 0 Å². The van der Waals surface area contributed by atoms with Crippen LogP contribution in [0.5, 0.6) is 0 Å². The fraction of sp³-hybridized carbons (Fsp3) is 0.364. The fourth-order valence-corrected chi connectivity index (χ4v) is 3.47. The number of hydrogen-bond acceptors (Lipinski definition) is 8. The van der Waals surface area contributed by atoms with Gasteiger partial charge in [0.25, 0.3) is 0 Å². The third-order valence-electron chi connectivity index (χ3n) is 5.18. The lowest BCUT2D eigenvalue weighted by Crippen LogP contribution is -2.29. The predicted molar refractivity (Wildman–Crippen MR) is 115 cm³/mol. The molecule has 4 N–H and O–H groups in total. The summed E-state index contributed by atoms with van der Waals surface area (Å²) in [6.07, 6.45) is 0. The van der Waals surface area contributed by atoms with Crippen LogP contribution in [0.1, 0.15) is 45.7 Å². The second kappa shape index (κ2) is 9.82. The van der Waals surface area contributed by atoms with E-state index in [1.165, 1.54) is 10.1 Å². The number of ketones is 2. The quantitative estimate of drug-likeness (QED) is 0.377. The molecule has 0 bridgehead atoms. The number of nitrogens with zero attached hydrogens (tertiary/aromatic N) is 2. The Balaban J connectivity index is 1.95. The molecule has 0 atom stereocenters. The summed E-state index contributed by atoms with van der Waals surface area (Å²) in [5, 5.41) is 28.0. The van der Waals surface area contributed by atoms with Gasteiger partial charge >= 0.3 is 0 Å². The van der Waals surface area contributed by atoms with Gasteiger partial charge in [-0.15, -0.1) is 0 Å². The van der Waals surface area contributed by atoms with E-state index in [0.717, 1.165) is 0 Å². The summed E-state index contributed by atoms with van der Waals surface area (Å²) in [5.74, 6) is -0.417. The van der Waals surface area contributed by atoms with E-state index in [-0.39, 0.29) is 11.6 Å². The number of benzene rings is 2. The highest BCUT2D eigenvalue weighted by Crippen LogP contribution is 2.36.